The first-order chi connectivity index (χ1) is 15.0. The molecule has 34 heavy (non-hydrogen) atoms. The third-order valence-electron chi connectivity index (χ3n) is 7.62. The predicted molar refractivity (Wildman–Crippen MR) is 130 cm³/mol. The molecule has 0 spiro atoms. The molecule has 0 bridgehead atoms. The molecule has 0 saturated carbocycles. The van der Waals surface area contributed by atoms with Crippen LogP contribution in [0, 0.1) is 0 Å². The number of ether oxygens (including phenoxy) is 1. The molecule has 0 aliphatic carbocycles. The molecule has 1 aromatic heterocycles. The van der Waals surface area contributed by atoms with Crippen LogP contribution in [0.25, 0.3) is 0 Å². The van der Waals surface area contributed by atoms with Gasteiger partial charge in [-0.2, -0.15) is 13.2 Å². The number of aromatic amines is 1. The minimum atomic E-state index is -4.83. The molecule has 1 saturated heterocycles. The van der Waals surface area contributed by atoms with E-state index in [1.54, 1.807) is 0 Å². The molecule has 1 aliphatic rings. The third-order valence-corrected chi connectivity index (χ3v) is 16.6. The quantitative estimate of drug-likeness (QED) is 0.519. The van der Waals surface area contributed by atoms with E-state index in [9.17, 15) is 22.8 Å². The molecule has 2 heterocycles. The lowest BCUT2D eigenvalue weighted by Crippen LogP contribution is -2.61. The molecule has 1 aromatic rings. The highest BCUT2D eigenvalue weighted by Crippen LogP contribution is 2.51. The second kappa shape index (κ2) is 9.02. The monoisotopic (exact) mass is 524 g/mol. The Hall–Kier alpha value is -1.22. The Morgan fingerprint density at radius 3 is 2.03 bits per heavy atom. The Kier molecular flexibility index (Phi) is 7.70. The van der Waals surface area contributed by atoms with Crippen LogP contribution in [0.3, 0.4) is 0 Å². The fourth-order valence-corrected chi connectivity index (χ4v) is 5.56. The molecule has 196 valence electrons. The molecule has 1 aliphatic heterocycles. The summed E-state index contributed by atoms with van der Waals surface area (Å²) in [6.45, 7) is 18.4. The Morgan fingerprint density at radius 2 is 1.59 bits per heavy atom. The van der Waals surface area contributed by atoms with E-state index in [2.05, 4.69) is 4.98 Å². The van der Waals surface area contributed by atoms with Gasteiger partial charge in [0.15, 0.2) is 16.6 Å². The Morgan fingerprint density at radius 1 is 1.06 bits per heavy atom. The van der Waals surface area contributed by atoms with Gasteiger partial charge >= 0.3 is 11.9 Å². The summed E-state index contributed by atoms with van der Waals surface area (Å²) in [6.07, 6.45) is -6.55. The molecule has 1 unspecified atom stereocenters. The van der Waals surface area contributed by atoms with Crippen molar-refractivity contribution in [2.75, 3.05) is 6.61 Å². The van der Waals surface area contributed by atoms with Crippen molar-refractivity contribution in [1.82, 2.24) is 9.55 Å². The fraction of sp³-hybridized carbons (Fsp3) is 0.818. The summed E-state index contributed by atoms with van der Waals surface area (Å²) in [5, 5.41) is -0.666. The van der Waals surface area contributed by atoms with Crippen molar-refractivity contribution in [3.8, 4) is 0 Å². The van der Waals surface area contributed by atoms with Crippen LogP contribution in [-0.2, 0) is 13.6 Å². The van der Waals surface area contributed by atoms with E-state index >= 15 is 0 Å². The largest absolute Gasteiger partial charge is 0.422 e. The maximum atomic E-state index is 14.9. The maximum absolute atomic E-state index is 14.9. The van der Waals surface area contributed by atoms with Crippen molar-refractivity contribution in [2.24, 2.45) is 0 Å². The number of nitrogens with zero attached hydrogens (tertiary/aromatic N) is 1. The van der Waals surface area contributed by atoms with Gasteiger partial charge in [-0.05, 0) is 36.3 Å². The lowest BCUT2D eigenvalue weighted by atomic mass is 9.97. The van der Waals surface area contributed by atoms with Crippen LogP contribution < -0.4 is 11.2 Å². The lowest BCUT2D eigenvalue weighted by Gasteiger charge is -2.45. The number of alkyl halides is 3. The molecule has 0 aromatic carbocycles. The van der Waals surface area contributed by atoms with Gasteiger partial charge in [-0.1, -0.05) is 41.5 Å². The summed E-state index contributed by atoms with van der Waals surface area (Å²) in [5.74, 6) is 0. The van der Waals surface area contributed by atoms with Crippen LogP contribution in [0.15, 0.2) is 21.9 Å². The third kappa shape index (κ3) is 5.61. The van der Waals surface area contributed by atoms with Crippen LogP contribution >= 0.6 is 0 Å². The van der Waals surface area contributed by atoms with Crippen LogP contribution in [0.4, 0.5) is 13.2 Å². The molecule has 7 nitrogen and oxygen atoms in total. The van der Waals surface area contributed by atoms with Crippen molar-refractivity contribution in [2.45, 2.75) is 108 Å². The van der Waals surface area contributed by atoms with Gasteiger partial charge in [-0.25, -0.2) is 4.79 Å². The molecule has 0 radical (unpaired) electrons. The van der Waals surface area contributed by atoms with Gasteiger partial charge in [0.2, 0.25) is 5.60 Å². The van der Waals surface area contributed by atoms with Crippen molar-refractivity contribution in [3.05, 3.63) is 33.1 Å². The maximum Gasteiger partial charge on any atom is 0.422 e. The second-order valence-corrected chi connectivity index (χ2v) is 21.7. The highest BCUT2D eigenvalue weighted by atomic mass is 28.4. The van der Waals surface area contributed by atoms with Crippen molar-refractivity contribution in [3.63, 3.8) is 0 Å². The van der Waals surface area contributed by atoms with E-state index in [-0.39, 0.29) is 16.5 Å². The zero-order valence-corrected chi connectivity index (χ0v) is 23.8. The number of rotatable bonds is 6. The van der Waals surface area contributed by atoms with E-state index in [1.165, 1.54) is 0 Å². The minimum absolute atomic E-state index is 0.209. The molecule has 1 N–H and O–H groups in total. The van der Waals surface area contributed by atoms with Gasteiger partial charge in [0.05, 0.1) is 12.7 Å². The highest BCUT2D eigenvalue weighted by molar-refractivity contribution is 6.74. The summed E-state index contributed by atoms with van der Waals surface area (Å²) in [6, 6.07) is 1.08. The SMILES string of the molecule is CC(C)(C)[Si](C)(C)OC[C@@]1(C(F)(F)F)O[C@@H](n2ccc(=O)[nH]c2=O)CC1O[Si](C)(C)C(C)(C)C. The summed E-state index contributed by atoms with van der Waals surface area (Å²) in [5.41, 5.74) is -4.25. The summed E-state index contributed by atoms with van der Waals surface area (Å²) < 4.78 is 63.6. The van der Waals surface area contributed by atoms with Gasteiger partial charge in [-0.15, -0.1) is 0 Å². The number of hydrogen-bond donors (Lipinski definition) is 1. The molecule has 2 rings (SSSR count). The first kappa shape index (κ1) is 29.0. The van der Waals surface area contributed by atoms with Crippen molar-refractivity contribution < 1.29 is 26.8 Å². The average Bonchev–Trinajstić information content (AvgIpc) is 2.96. The number of aromatic nitrogens is 2. The Labute approximate surface area is 201 Å². The van der Waals surface area contributed by atoms with Gasteiger partial charge in [0.25, 0.3) is 5.56 Å². The number of hydrogen-bond acceptors (Lipinski definition) is 5. The zero-order valence-electron chi connectivity index (χ0n) is 21.8. The van der Waals surface area contributed by atoms with E-state index in [4.69, 9.17) is 13.6 Å². The van der Waals surface area contributed by atoms with Crippen LogP contribution in [0.2, 0.25) is 36.3 Å². The summed E-state index contributed by atoms with van der Waals surface area (Å²) >= 11 is 0. The zero-order chi connectivity index (χ0) is 26.5. The number of H-pyrrole nitrogens is 1. The molecule has 1 fully saturated rings. The first-order valence-corrected chi connectivity index (χ1v) is 17.2. The lowest BCUT2D eigenvalue weighted by molar-refractivity contribution is -0.302. The van der Waals surface area contributed by atoms with Gasteiger partial charge in [-0.3, -0.25) is 14.3 Å². The molecular weight excluding hydrogens is 485 g/mol. The van der Waals surface area contributed by atoms with Crippen LogP contribution in [-0.4, -0.2) is 50.7 Å². The van der Waals surface area contributed by atoms with Gasteiger partial charge in [0, 0.05) is 18.7 Å². The van der Waals surface area contributed by atoms with Gasteiger partial charge < -0.3 is 13.6 Å². The number of halogens is 3. The topological polar surface area (TPSA) is 82.5 Å². The normalized spacial score (nSPS) is 25.1. The van der Waals surface area contributed by atoms with Crippen molar-refractivity contribution >= 4 is 16.6 Å². The fourth-order valence-electron chi connectivity index (χ4n) is 3.20. The van der Waals surface area contributed by atoms with Crippen molar-refractivity contribution in [1.29, 1.82) is 0 Å². The first-order valence-electron chi connectivity index (χ1n) is 11.4. The summed E-state index contributed by atoms with van der Waals surface area (Å²) in [4.78, 5) is 25.9. The second-order valence-electron chi connectivity index (χ2n) is 12.1. The standard InChI is InChI=1S/C22H39F3N2O5Si2/c1-19(2,3)33(7,8)30-14-21(22(23,24)25)15(32-34(9,10)20(4,5)6)13-17(31-21)27-12-11-16(28)26-18(27)29/h11-12,15,17H,13-14H2,1-10H3,(H,26,28,29)/t15?,17-,21-/m1/s1. The smallest absolute Gasteiger partial charge is 0.413 e. The van der Waals surface area contributed by atoms with E-state index in [0.717, 1.165) is 16.8 Å². The van der Waals surface area contributed by atoms with Crippen LogP contribution in [0.1, 0.15) is 54.2 Å². The number of nitrogens with one attached hydrogen (secondary N) is 1. The molecule has 12 heteroatoms. The molecule has 0 amide bonds. The average molecular weight is 525 g/mol. The Balaban J connectivity index is 2.60. The Bertz CT molecular complexity index is 992. The molecular formula is C22H39F3N2O5Si2. The molecule has 3 atom stereocenters. The van der Waals surface area contributed by atoms with Gasteiger partial charge in [0.1, 0.15) is 6.23 Å². The highest BCUT2D eigenvalue weighted by Gasteiger charge is 2.68. The minimum Gasteiger partial charge on any atom is -0.413 e. The van der Waals surface area contributed by atoms with E-state index < -0.39 is 58.6 Å². The predicted octanol–water partition coefficient (Wildman–Crippen LogP) is 5.17. The van der Waals surface area contributed by atoms with E-state index in [0.29, 0.717) is 0 Å². The van der Waals surface area contributed by atoms with E-state index in [1.807, 2.05) is 67.7 Å². The summed E-state index contributed by atoms with van der Waals surface area (Å²) in [7, 11) is -5.25. The van der Waals surface area contributed by atoms with Crippen LogP contribution in [0.5, 0.6) is 0 Å².